The smallest absolute Gasteiger partial charge is 0.0252 e. The van der Waals surface area contributed by atoms with Crippen molar-refractivity contribution in [2.24, 2.45) is 0 Å². The molecule has 0 unspecified atom stereocenters. The standard InChI is InChI=1S/C15H24N2/c1-15(2)13-17(11-6-10-16-15)12-9-14-7-4-3-5-8-14/h3-5,7-8,16H,6,9-13H2,1-2H3. The van der Waals surface area contributed by atoms with Crippen molar-refractivity contribution in [2.45, 2.75) is 32.2 Å². The fraction of sp³-hybridized carbons (Fsp3) is 0.600. The van der Waals surface area contributed by atoms with Crippen LogP contribution < -0.4 is 5.32 Å². The Balaban J connectivity index is 1.86. The molecule has 0 bridgehead atoms. The Morgan fingerprint density at radius 1 is 1.24 bits per heavy atom. The van der Waals surface area contributed by atoms with Crippen molar-refractivity contribution in [1.82, 2.24) is 10.2 Å². The molecule has 2 rings (SSSR count). The average Bonchev–Trinajstić information content (AvgIpc) is 2.49. The Morgan fingerprint density at radius 2 is 2.00 bits per heavy atom. The molecule has 94 valence electrons. The van der Waals surface area contributed by atoms with Crippen LogP contribution >= 0.6 is 0 Å². The van der Waals surface area contributed by atoms with Crippen LogP contribution in [0.25, 0.3) is 0 Å². The lowest BCUT2D eigenvalue weighted by atomic mass is 10.1. The highest BCUT2D eigenvalue weighted by Crippen LogP contribution is 2.11. The number of hydrogen-bond acceptors (Lipinski definition) is 2. The number of hydrogen-bond donors (Lipinski definition) is 1. The Bertz CT molecular complexity index is 332. The topological polar surface area (TPSA) is 15.3 Å². The molecule has 17 heavy (non-hydrogen) atoms. The largest absolute Gasteiger partial charge is 0.310 e. The van der Waals surface area contributed by atoms with Crippen molar-refractivity contribution >= 4 is 0 Å². The average molecular weight is 232 g/mol. The molecule has 1 fully saturated rings. The lowest BCUT2D eigenvalue weighted by Gasteiger charge is -2.30. The summed E-state index contributed by atoms with van der Waals surface area (Å²) in [5.74, 6) is 0. The number of rotatable bonds is 3. The summed E-state index contributed by atoms with van der Waals surface area (Å²) < 4.78 is 0. The van der Waals surface area contributed by atoms with E-state index in [0.717, 1.165) is 19.5 Å². The molecular formula is C15H24N2. The van der Waals surface area contributed by atoms with Crippen molar-refractivity contribution in [1.29, 1.82) is 0 Å². The second-order valence-corrected chi connectivity index (χ2v) is 5.68. The third kappa shape index (κ3) is 4.14. The summed E-state index contributed by atoms with van der Waals surface area (Å²) in [6, 6.07) is 10.8. The third-order valence-corrected chi connectivity index (χ3v) is 3.43. The molecule has 1 heterocycles. The molecule has 0 spiro atoms. The van der Waals surface area contributed by atoms with E-state index >= 15 is 0 Å². The van der Waals surface area contributed by atoms with E-state index in [1.54, 1.807) is 0 Å². The molecule has 0 amide bonds. The summed E-state index contributed by atoms with van der Waals surface area (Å²) in [7, 11) is 0. The van der Waals surface area contributed by atoms with Gasteiger partial charge in [0.25, 0.3) is 0 Å². The minimum absolute atomic E-state index is 0.257. The third-order valence-electron chi connectivity index (χ3n) is 3.43. The van der Waals surface area contributed by atoms with Crippen LogP contribution in [0.1, 0.15) is 25.8 Å². The highest BCUT2D eigenvalue weighted by atomic mass is 15.2. The maximum Gasteiger partial charge on any atom is 0.0252 e. The van der Waals surface area contributed by atoms with E-state index in [-0.39, 0.29) is 5.54 Å². The van der Waals surface area contributed by atoms with Crippen molar-refractivity contribution in [3.05, 3.63) is 35.9 Å². The first-order valence-corrected chi connectivity index (χ1v) is 6.67. The Morgan fingerprint density at radius 3 is 2.76 bits per heavy atom. The molecule has 2 nitrogen and oxygen atoms in total. The molecule has 1 aliphatic rings. The van der Waals surface area contributed by atoms with Gasteiger partial charge in [0.05, 0.1) is 0 Å². The van der Waals surface area contributed by atoms with Gasteiger partial charge >= 0.3 is 0 Å². The summed E-state index contributed by atoms with van der Waals surface area (Å²) >= 11 is 0. The molecule has 0 aliphatic carbocycles. The molecule has 1 saturated heterocycles. The van der Waals surface area contributed by atoms with Crippen LogP contribution in [0.2, 0.25) is 0 Å². The van der Waals surface area contributed by atoms with Crippen molar-refractivity contribution in [3.8, 4) is 0 Å². The Kier molecular flexibility index (Phi) is 4.19. The van der Waals surface area contributed by atoms with E-state index in [1.165, 1.54) is 25.1 Å². The molecule has 0 aromatic heterocycles. The molecule has 0 atom stereocenters. The van der Waals surface area contributed by atoms with Gasteiger partial charge in [0.2, 0.25) is 0 Å². The number of nitrogens with one attached hydrogen (secondary N) is 1. The first-order chi connectivity index (χ1) is 8.16. The Hall–Kier alpha value is -0.860. The monoisotopic (exact) mass is 232 g/mol. The van der Waals surface area contributed by atoms with Crippen LogP contribution in [0.4, 0.5) is 0 Å². The number of nitrogens with zero attached hydrogens (tertiary/aromatic N) is 1. The molecule has 0 saturated carbocycles. The predicted octanol–water partition coefficient (Wildman–Crippen LogP) is 2.30. The van der Waals surface area contributed by atoms with Gasteiger partial charge in [-0.05, 0) is 45.3 Å². The van der Waals surface area contributed by atoms with Crippen molar-refractivity contribution in [2.75, 3.05) is 26.2 Å². The lowest BCUT2D eigenvalue weighted by molar-refractivity contribution is 0.233. The van der Waals surface area contributed by atoms with Crippen LogP contribution in [0.15, 0.2) is 30.3 Å². The van der Waals surface area contributed by atoms with Crippen LogP contribution in [0.3, 0.4) is 0 Å². The molecule has 1 aromatic carbocycles. The maximum absolute atomic E-state index is 3.61. The van der Waals surface area contributed by atoms with E-state index < -0.39 is 0 Å². The molecule has 2 heteroatoms. The lowest BCUT2D eigenvalue weighted by Crippen LogP contribution is -2.46. The van der Waals surface area contributed by atoms with Gasteiger partial charge in [0, 0.05) is 18.6 Å². The van der Waals surface area contributed by atoms with Crippen molar-refractivity contribution in [3.63, 3.8) is 0 Å². The fourth-order valence-corrected chi connectivity index (χ4v) is 2.55. The predicted molar refractivity (Wildman–Crippen MR) is 73.3 cm³/mol. The first-order valence-electron chi connectivity index (χ1n) is 6.67. The van der Waals surface area contributed by atoms with Gasteiger partial charge in [0.15, 0.2) is 0 Å². The van der Waals surface area contributed by atoms with Gasteiger partial charge in [-0.25, -0.2) is 0 Å². The molecule has 1 aliphatic heterocycles. The highest BCUT2D eigenvalue weighted by Gasteiger charge is 2.23. The quantitative estimate of drug-likeness (QED) is 0.860. The summed E-state index contributed by atoms with van der Waals surface area (Å²) in [5, 5.41) is 3.61. The second kappa shape index (κ2) is 5.65. The molecule has 0 radical (unpaired) electrons. The van der Waals surface area contributed by atoms with Crippen LogP contribution in [0, 0.1) is 0 Å². The SMILES string of the molecule is CC1(C)CN(CCc2ccccc2)CCCN1. The van der Waals surface area contributed by atoms with Gasteiger partial charge in [-0.15, -0.1) is 0 Å². The van der Waals surface area contributed by atoms with Gasteiger partial charge in [-0.1, -0.05) is 30.3 Å². The molecular weight excluding hydrogens is 208 g/mol. The fourth-order valence-electron chi connectivity index (χ4n) is 2.55. The maximum atomic E-state index is 3.61. The van der Waals surface area contributed by atoms with Gasteiger partial charge in [-0.2, -0.15) is 0 Å². The summed E-state index contributed by atoms with van der Waals surface area (Å²) in [6.45, 7) is 9.30. The summed E-state index contributed by atoms with van der Waals surface area (Å²) in [5.41, 5.74) is 1.70. The normalized spacial score (nSPS) is 21.1. The molecule has 1 aromatic rings. The summed E-state index contributed by atoms with van der Waals surface area (Å²) in [6.07, 6.45) is 2.43. The van der Waals surface area contributed by atoms with Gasteiger partial charge in [0.1, 0.15) is 0 Å². The highest BCUT2D eigenvalue weighted by molar-refractivity contribution is 5.14. The van der Waals surface area contributed by atoms with Crippen LogP contribution in [-0.2, 0) is 6.42 Å². The van der Waals surface area contributed by atoms with E-state index in [1.807, 2.05) is 0 Å². The van der Waals surface area contributed by atoms with Crippen LogP contribution in [-0.4, -0.2) is 36.6 Å². The minimum atomic E-state index is 0.257. The van der Waals surface area contributed by atoms with Gasteiger partial charge in [-0.3, -0.25) is 0 Å². The van der Waals surface area contributed by atoms with E-state index in [2.05, 4.69) is 54.4 Å². The first kappa shape index (κ1) is 12.6. The number of benzene rings is 1. The Labute approximate surface area is 105 Å². The zero-order valence-electron chi connectivity index (χ0n) is 11.1. The van der Waals surface area contributed by atoms with Crippen molar-refractivity contribution < 1.29 is 0 Å². The van der Waals surface area contributed by atoms with E-state index in [4.69, 9.17) is 0 Å². The van der Waals surface area contributed by atoms with E-state index in [9.17, 15) is 0 Å². The zero-order chi connectivity index (χ0) is 12.1. The second-order valence-electron chi connectivity index (χ2n) is 5.68. The van der Waals surface area contributed by atoms with Crippen LogP contribution in [0.5, 0.6) is 0 Å². The molecule has 1 N–H and O–H groups in total. The minimum Gasteiger partial charge on any atom is -0.310 e. The van der Waals surface area contributed by atoms with Gasteiger partial charge < -0.3 is 10.2 Å². The zero-order valence-corrected chi connectivity index (χ0v) is 11.1. The van der Waals surface area contributed by atoms with E-state index in [0.29, 0.717) is 0 Å². The summed E-state index contributed by atoms with van der Waals surface area (Å²) in [4.78, 5) is 2.59.